The van der Waals surface area contributed by atoms with Gasteiger partial charge in [0.25, 0.3) is 0 Å². The molecule has 3 heterocycles. The van der Waals surface area contributed by atoms with Gasteiger partial charge in [-0.15, -0.1) is 0 Å². The van der Waals surface area contributed by atoms with E-state index in [4.69, 9.17) is 16.6 Å². The minimum atomic E-state index is -0.987. The zero-order valence-electron chi connectivity index (χ0n) is 16.1. The Kier molecular flexibility index (Phi) is 5.78. The number of benzene rings is 1. The number of aromatic nitrogens is 1. The molecule has 0 radical (unpaired) electrons. The molecular formula is C22H21N3O4S. The Morgan fingerprint density at radius 3 is 2.80 bits per heavy atom. The average molecular weight is 423 g/mol. The van der Waals surface area contributed by atoms with Crippen LogP contribution in [0.5, 0.6) is 0 Å². The maximum atomic E-state index is 11.3. The lowest BCUT2D eigenvalue weighted by Gasteiger charge is -2.25. The molecule has 3 aromatic rings. The lowest BCUT2D eigenvalue weighted by atomic mass is 10.0. The van der Waals surface area contributed by atoms with Crippen molar-refractivity contribution in [1.29, 1.82) is 0 Å². The van der Waals surface area contributed by atoms with Crippen molar-refractivity contribution in [3.05, 3.63) is 77.8 Å². The molecule has 0 amide bonds. The fourth-order valence-electron chi connectivity index (χ4n) is 3.67. The summed E-state index contributed by atoms with van der Waals surface area (Å²) in [6.45, 7) is 0.631. The molecule has 1 saturated heterocycles. The average Bonchev–Trinajstić information content (AvgIpc) is 3.37. The van der Waals surface area contributed by atoms with Crippen molar-refractivity contribution >= 4 is 23.3 Å². The van der Waals surface area contributed by atoms with Crippen LogP contribution in [-0.2, 0) is 0 Å². The molecule has 2 aromatic heterocycles. The number of furan rings is 1. The molecule has 4 rings (SSSR count). The highest BCUT2D eigenvalue weighted by Gasteiger charge is 2.41. The van der Waals surface area contributed by atoms with Gasteiger partial charge in [-0.1, -0.05) is 18.2 Å². The van der Waals surface area contributed by atoms with Crippen molar-refractivity contribution in [3.63, 3.8) is 0 Å². The number of hydrogen-bond donors (Lipinski definition) is 3. The minimum Gasteiger partial charge on any atom is -0.478 e. The lowest BCUT2D eigenvalue weighted by Crippen LogP contribution is -2.30. The topological polar surface area (TPSA) is 98.8 Å². The van der Waals surface area contributed by atoms with E-state index in [9.17, 15) is 15.0 Å². The summed E-state index contributed by atoms with van der Waals surface area (Å²) in [5, 5.41) is 22.5. The van der Waals surface area contributed by atoms with Gasteiger partial charge in [0.1, 0.15) is 17.6 Å². The first-order chi connectivity index (χ1) is 14.6. The Morgan fingerprint density at radius 1 is 1.20 bits per heavy atom. The standard InChI is InChI=1S/C22H21N3O4S/c26-12-4-11-25-20(19(24-22(25)30)16-7-1-2-10-23-16)18-9-8-17(29-18)14-5-3-6-15(13-14)21(27)28/h1-3,5-10,13,19-20,26H,4,11-12H2,(H,24,30)(H,27,28)/t19-,20+/m0/s1. The van der Waals surface area contributed by atoms with Crippen molar-refractivity contribution in [1.82, 2.24) is 15.2 Å². The van der Waals surface area contributed by atoms with Gasteiger partial charge in [-0.3, -0.25) is 4.98 Å². The summed E-state index contributed by atoms with van der Waals surface area (Å²) in [5.74, 6) is 0.277. The van der Waals surface area contributed by atoms with E-state index in [1.54, 1.807) is 24.4 Å². The Balaban J connectivity index is 1.71. The molecule has 0 spiro atoms. The second kappa shape index (κ2) is 8.64. The molecule has 2 atom stereocenters. The minimum absolute atomic E-state index is 0.0610. The molecule has 1 fully saturated rings. The van der Waals surface area contributed by atoms with Gasteiger partial charge in [-0.2, -0.15) is 0 Å². The molecule has 0 aliphatic carbocycles. The zero-order chi connectivity index (χ0) is 21.1. The Hall–Kier alpha value is -3.23. The smallest absolute Gasteiger partial charge is 0.335 e. The first-order valence-electron chi connectivity index (χ1n) is 9.61. The maximum absolute atomic E-state index is 11.3. The summed E-state index contributed by atoms with van der Waals surface area (Å²) < 4.78 is 6.17. The first kappa shape index (κ1) is 20.1. The molecule has 0 bridgehead atoms. The van der Waals surface area contributed by atoms with E-state index in [-0.39, 0.29) is 24.3 Å². The van der Waals surface area contributed by atoms with E-state index in [2.05, 4.69) is 10.3 Å². The molecule has 30 heavy (non-hydrogen) atoms. The summed E-state index contributed by atoms with van der Waals surface area (Å²) in [6, 6.07) is 15.6. The second-order valence-corrected chi connectivity index (χ2v) is 7.37. The van der Waals surface area contributed by atoms with Crippen molar-refractivity contribution in [3.8, 4) is 11.3 Å². The third-order valence-corrected chi connectivity index (χ3v) is 5.42. The number of rotatable bonds is 7. The largest absolute Gasteiger partial charge is 0.478 e. The van der Waals surface area contributed by atoms with Crippen molar-refractivity contribution < 1.29 is 19.4 Å². The lowest BCUT2D eigenvalue weighted by molar-refractivity contribution is 0.0697. The van der Waals surface area contributed by atoms with Crippen LogP contribution in [0.15, 0.2) is 65.2 Å². The van der Waals surface area contributed by atoms with E-state index in [0.717, 1.165) is 5.69 Å². The monoisotopic (exact) mass is 423 g/mol. The van der Waals surface area contributed by atoms with Crippen LogP contribution in [0.4, 0.5) is 0 Å². The van der Waals surface area contributed by atoms with Gasteiger partial charge in [0.15, 0.2) is 5.11 Å². The van der Waals surface area contributed by atoms with Crippen LogP contribution in [0.3, 0.4) is 0 Å². The number of carboxylic acid groups (broad SMARTS) is 1. The Bertz CT molecular complexity index is 1050. The molecule has 1 aliphatic rings. The van der Waals surface area contributed by atoms with E-state index in [1.165, 1.54) is 0 Å². The fourth-order valence-corrected chi connectivity index (χ4v) is 4.00. The number of nitrogens with one attached hydrogen (secondary N) is 1. The summed E-state index contributed by atoms with van der Waals surface area (Å²) in [7, 11) is 0. The summed E-state index contributed by atoms with van der Waals surface area (Å²) in [6.07, 6.45) is 2.31. The summed E-state index contributed by atoms with van der Waals surface area (Å²) in [4.78, 5) is 17.8. The van der Waals surface area contributed by atoms with Gasteiger partial charge in [0, 0.05) is 24.9 Å². The Labute approximate surface area is 179 Å². The maximum Gasteiger partial charge on any atom is 0.335 e. The number of nitrogens with zero attached hydrogens (tertiary/aromatic N) is 2. The number of thiocarbonyl (C=S) groups is 1. The van der Waals surface area contributed by atoms with Crippen molar-refractivity contribution in [2.45, 2.75) is 18.5 Å². The number of pyridine rings is 1. The molecule has 7 nitrogen and oxygen atoms in total. The highest BCUT2D eigenvalue weighted by molar-refractivity contribution is 7.80. The highest BCUT2D eigenvalue weighted by Crippen LogP contribution is 2.40. The van der Waals surface area contributed by atoms with Gasteiger partial charge in [-0.05, 0) is 55.0 Å². The van der Waals surface area contributed by atoms with Crippen LogP contribution in [0.2, 0.25) is 0 Å². The number of carboxylic acids is 1. The quantitative estimate of drug-likeness (QED) is 0.498. The predicted octanol–water partition coefficient (Wildman–Crippen LogP) is 3.39. The van der Waals surface area contributed by atoms with E-state index < -0.39 is 5.97 Å². The van der Waals surface area contributed by atoms with Gasteiger partial charge >= 0.3 is 5.97 Å². The summed E-state index contributed by atoms with van der Waals surface area (Å²) in [5.41, 5.74) is 1.72. The zero-order valence-corrected chi connectivity index (χ0v) is 16.9. The molecule has 1 aromatic carbocycles. The highest BCUT2D eigenvalue weighted by atomic mass is 32.1. The number of hydrogen-bond acceptors (Lipinski definition) is 5. The van der Waals surface area contributed by atoms with Gasteiger partial charge < -0.3 is 24.8 Å². The first-order valence-corrected chi connectivity index (χ1v) is 10.0. The molecule has 1 aliphatic heterocycles. The number of carbonyl (C=O) groups is 1. The van der Waals surface area contributed by atoms with E-state index >= 15 is 0 Å². The number of aromatic carboxylic acids is 1. The third kappa shape index (κ3) is 3.92. The second-order valence-electron chi connectivity index (χ2n) is 6.99. The number of aliphatic hydroxyl groups excluding tert-OH is 1. The predicted molar refractivity (Wildman–Crippen MR) is 115 cm³/mol. The van der Waals surface area contributed by atoms with Gasteiger partial charge in [0.2, 0.25) is 0 Å². The van der Waals surface area contributed by atoms with Gasteiger partial charge in [0.05, 0.1) is 17.3 Å². The molecule has 0 unspecified atom stereocenters. The van der Waals surface area contributed by atoms with Crippen LogP contribution in [0.1, 0.15) is 40.3 Å². The van der Waals surface area contributed by atoms with Crippen LogP contribution in [0, 0.1) is 0 Å². The van der Waals surface area contributed by atoms with E-state index in [1.807, 2.05) is 41.3 Å². The normalized spacial score (nSPS) is 18.4. The van der Waals surface area contributed by atoms with E-state index in [0.29, 0.717) is 35.2 Å². The third-order valence-electron chi connectivity index (χ3n) is 5.07. The molecule has 3 N–H and O–H groups in total. The van der Waals surface area contributed by atoms with Crippen LogP contribution < -0.4 is 5.32 Å². The fraction of sp³-hybridized carbons (Fsp3) is 0.227. The van der Waals surface area contributed by atoms with Crippen LogP contribution >= 0.6 is 12.2 Å². The molecular weight excluding hydrogens is 402 g/mol. The molecule has 8 heteroatoms. The molecule has 0 saturated carbocycles. The Morgan fingerprint density at radius 2 is 2.07 bits per heavy atom. The SMILES string of the molecule is O=C(O)c1cccc(-c2ccc([C@@H]3[C@H](c4ccccn4)NC(=S)N3CCCO)o2)c1. The van der Waals surface area contributed by atoms with Crippen LogP contribution in [-0.4, -0.2) is 44.3 Å². The van der Waals surface area contributed by atoms with Gasteiger partial charge in [-0.25, -0.2) is 4.79 Å². The van der Waals surface area contributed by atoms with Crippen molar-refractivity contribution in [2.75, 3.05) is 13.2 Å². The van der Waals surface area contributed by atoms with Crippen molar-refractivity contribution in [2.24, 2.45) is 0 Å². The van der Waals surface area contributed by atoms with Crippen LogP contribution in [0.25, 0.3) is 11.3 Å². The summed E-state index contributed by atoms with van der Waals surface area (Å²) >= 11 is 5.55. The number of aliphatic hydroxyl groups is 1. The molecule has 154 valence electrons.